The molecule has 62 heavy (non-hydrogen) atoms. The van der Waals surface area contributed by atoms with E-state index in [1.165, 1.54) is 76.4 Å². The van der Waals surface area contributed by atoms with Crippen LogP contribution < -0.4 is 4.90 Å². The van der Waals surface area contributed by atoms with E-state index in [9.17, 15) is 0 Å². The van der Waals surface area contributed by atoms with Crippen molar-refractivity contribution >= 4 is 71.2 Å². The summed E-state index contributed by atoms with van der Waals surface area (Å²) in [6, 6.07) is 88.7. The van der Waals surface area contributed by atoms with E-state index >= 15 is 0 Å². The van der Waals surface area contributed by atoms with E-state index in [1.54, 1.807) is 0 Å². The highest BCUT2D eigenvalue weighted by Crippen LogP contribution is 2.45. The Morgan fingerprint density at radius 1 is 0.274 bits per heavy atom. The molecule has 290 valence electrons. The number of para-hydroxylation sites is 3. The molecule has 0 atom stereocenters. The average Bonchev–Trinajstić information content (AvgIpc) is 3.66. The van der Waals surface area contributed by atoms with Gasteiger partial charge in [0.15, 0.2) is 0 Å². The highest BCUT2D eigenvalue weighted by atomic mass is 15.1. The van der Waals surface area contributed by atoms with Gasteiger partial charge in [0.1, 0.15) is 0 Å². The number of anilines is 3. The first-order valence-electron chi connectivity index (χ1n) is 21.3. The van der Waals surface area contributed by atoms with Crippen LogP contribution in [0.3, 0.4) is 0 Å². The van der Waals surface area contributed by atoms with Gasteiger partial charge in [-0.1, -0.05) is 176 Å². The second-order valence-electron chi connectivity index (χ2n) is 16.2. The molecule has 12 aromatic rings. The number of rotatable bonds is 7. The number of fused-ring (bicyclic) bond motifs is 6. The first kappa shape index (κ1) is 35.7. The molecule has 2 heteroatoms. The second-order valence-corrected chi connectivity index (χ2v) is 16.2. The van der Waals surface area contributed by atoms with Gasteiger partial charge < -0.3 is 9.47 Å². The Kier molecular flexibility index (Phi) is 8.53. The van der Waals surface area contributed by atoms with Crippen molar-refractivity contribution in [1.29, 1.82) is 0 Å². The summed E-state index contributed by atoms with van der Waals surface area (Å²) in [5.41, 5.74) is 13.8. The fourth-order valence-electron chi connectivity index (χ4n) is 9.50. The van der Waals surface area contributed by atoms with Crippen molar-refractivity contribution in [3.05, 3.63) is 243 Å². The van der Waals surface area contributed by atoms with Crippen molar-refractivity contribution in [2.75, 3.05) is 4.90 Å². The molecule has 0 fully saturated rings. The molecule has 0 saturated carbocycles. The van der Waals surface area contributed by atoms with E-state index in [0.717, 1.165) is 33.9 Å². The van der Waals surface area contributed by atoms with Crippen LogP contribution in [0.5, 0.6) is 0 Å². The molecular weight excluding hydrogens is 749 g/mol. The van der Waals surface area contributed by atoms with E-state index in [0.29, 0.717) is 0 Å². The Bertz CT molecular complexity index is 3650. The van der Waals surface area contributed by atoms with Crippen molar-refractivity contribution in [3.8, 4) is 39.1 Å². The number of hydrogen-bond acceptors (Lipinski definition) is 1. The molecule has 11 aromatic carbocycles. The summed E-state index contributed by atoms with van der Waals surface area (Å²) in [6.07, 6.45) is 0. The predicted octanol–water partition coefficient (Wildman–Crippen LogP) is 16.7. The Hall–Kier alpha value is -8.20. The molecular formula is C60H40N2. The molecule has 0 bridgehead atoms. The van der Waals surface area contributed by atoms with Crippen molar-refractivity contribution in [3.63, 3.8) is 0 Å². The van der Waals surface area contributed by atoms with Crippen molar-refractivity contribution in [2.24, 2.45) is 0 Å². The zero-order valence-corrected chi connectivity index (χ0v) is 34.0. The highest BCUT2D eigenvalue weighted by molar-refractivity contribution is 6.14. The largest absolute Gasteiger partial charge is 0.310 e. The van der Waals surface area contributed by atoms with Gasteiger partial charge in [-0.25, -0.2) is 0 Å². The highest BCUT2D eigenvalue weighted by Gasteiger charge is 2.22. The zero-order chi connectivity index (χ0) is 41.0. The normalized spacial score (nSPS) is 11.5. The summed E-state index contributed by atoms with van der Waals surface area (Å²) in [7, 11) is 0. The average molecular weight is 789 g/mol. The molecule has 2 nitrogen and oxygen atoms in total. The monoisotopic (exact) mass is 788 g/mol. The van der Waals surface area contributed by atoms with Gasteiger partial charge in [0.25, 0.3) is 0 Å². The molecule has 1 aromatic heterocycles. The fourth-order valence-corrected chi connectivity index (χ4v) is 9.50. The maximum absolute atomic E-state index is 2.46. The van der Waals surface area contributed by atoms with Crippen LogP contribution in [0.2, 0.25) is 0 Å². The van der Waals surface area contributed by atoms with Crippen molar-refractivity contribution in [2.45, 2.75) is 0 Å². The predicted molar refractivity (Wildman–Crippen MR) is 264 cm³/mol. The first-order valence-corrected chi connectivity index (χ1v) is 21.3. The van der Waals surface area contributed by atoms with Crippen LogP contribution in [0, 0.1) is 0 Å². The second kappa shape index (κ2) is 14.8. The van der Waals surface area contributed by atoms with E-state index in [4.69, 9.17) is 0 Å². The fraction of sp³-hybridized carbons (Fsp3) is 0. The molecule has 0 aliphatic carbocycles. The van der Waals surface area contributed by atoms with Crippen molar-refractivity contribution < 1.29 is 0 Å². The van der Waals surface area contributed by atoms with Gasteiger partial charge >= 0.3 is 0 Å². The van der Waals surface area contributed by atoms with E-state index in [-0.39, 0.29) is 0 Å². The van der Waals surface area contributed by atoms with Gasteiger partial charge in [-0.05, 0) is 121 Å². The van der Waals surface area contributed by atoms with Crippen molar-refractivity contribution in [1.82, 2.24) is 4.57 Å². The Morgan fingerprint density at radius 2 is 0.806 bits per heavy atom. The minimum absolute atomic E-state index is 1.08. The molecule has 0 aliphatic rings. The Morgan fingerprint density at radius 3 is 1.53 bits per heavy atom. The lowest BCUT2D eigenvalue weighted by Gasteiger charge is -2.29. The Balaban J connectivity index is 1.05. The van der Waals surface area contributed by atoms with Crippen LogP contribution in [-0.4, -0.2) is 4.57 Å². The third-order valence-electron chi connectivity index (χ3n) is 12.5. The maximum Gasteiger partial charge on any atom is 0.0547 e. The molecule has 0 radical (unpaired) electrons. The van der Waals surface area contributed by atoms with Crippen LogP contribution in [-0.2, 0) is 0 Å². The van der Waals surface area contributed by atoms with E-state index < -0.39 is 0 Å². The van der Waals surface area contributed by atoms with Gasteiger partial charge in [0.2, 0.25) is 0 Å². The molecule has 0 amide bonds. The summed E-state index contributed by atoms with van der Waals surface area (Å²) in [5.74, 6) is 0. The minimum atomic E-state index is 1.08. The topological polar surface area (TPSA) is 8.17 Å². The van der Waals surface area contributed by atoms with Gasteiger partial charge in [-0.15, -0.1) is 0 Å². The molecule has 0 unspecified atom stereocenters. The van der Waals surface area contributed by atoms with Crippen LogP contribution in [0.4, 0.5) is 17.1 Å². The summed E-state index contributed by atoms with van der Waals surface area (Å²) in [5, 5.41) is 9.93. The van der Waals surface area contributed by atoms with Crippen LogP contribution in [0.25, 0.3) is 93.2 Å². The third kappa shape index (κ3) is 6.12. The minimum Gasteiger partial charge on any atom is -0.310 e. The van der Waals surface area contributed by atoms with Gasteiger partial charge in [-0.3, -0.25) is 0 Å². The van der Waals surface area contributed by atoms with E-state index in [1.807, 2.05) is 0 Å². The van der Waals surface area contributed by atoms with Crippen LogP contribution >= 0.6 is 0 Å². The van der Waals surface area contributed by atoms with Gasteiger partial charge in [0.05, 0.1) is 22.4 Å². The summed E-state index contributed by atoms with van der Waals surface area (Å²) >= 11 is 0. The third-order valence-corrected chi connectivity index (χ3v) is 12.5. The number of nitrogens with zero attached hydrogens (tertiary/aromatic N) is 2. The lowest BCUT2D eigenvalue weighted by molar-refractivity contribution is 1.18. The van der Waals surface area contributed by atoms with Crippen LogP contribution in [0.15, 0.2) is 243 Å². The summed E-state index contributed by atoms with van der Waals surface area (Å²) < 4.78 is 2.46. The molecule has 0 N–H and O–H groups in total. The smallest absolute Gasteiger partial charge is 0.0547 e. The SMILES string of the molecule is c1cc(-c2ccc3ccccc3c2)cc(N(c2ccc(-c3ccc4ccccc4c3)cc2)c2ccccc2-c2ccccc2-n2c3ccccc3c3cc4ccccc4cc32)c1. The number of hydrogen-bond donors (Lipinski definition) is 0. The summed E-state index contributed by atoms with van der Waals surface area (Å²) in [6.45, 7) is 0. The summed E-state index contributed by atoms with van der Waals surface area (Å²) in [4.78, 5) is 2.43. The molecule has 0 saturated heterocycles. The van der Waals surface area contributed by atoms with E-state index in [2.05, 4.69) is 252 Å². The lowest BCUT2D eigenvalue weighted by Crippen LogP contribution is -2.11. The first-order chi connectivity index (χ1) is 30.7. The molecule has 1 heterocycles. The number of aromatic nitrogens is 1. The number of benzene rings is 11. The molecule has 0 spiro atoms. The standard InChI is InChI=1S/C60H40N2/c1-3-16-44-36-49(30-28-41(44)14-1)43-32-34-51(35-33-43)61(52-21-13-20-46(38-52)50-31-29-42-15-2-4-17-45(42)37-50)57-25-10-7-22-53(57)54-23-8-11-26-58(54)62-59-27-12-9-24-55(59)56-39-47-18-5-6-19-48(47)40-60(56)62/h1-40H. The molecule has 0 aliphatic heterocycles. The van der Waals surface area contributed by atoms with Gasteiger partial charge in [0, 0.05) is 33.3 Å². The van der Waals surface area contributed by atoms with Crippen LogP contribution in [0.1, 0.15) is 0 Å². The van der Waals surface area contributed by atoms with Gasteiger partial charge in [-0.2, -0.15) is 0 Å². The lowest BCUT2D eigenvalue weighted by atomic mass is 9.97. The maximum atomic E-state index is 2.46. The quantitative estimate of drug-likeness (QED) is 0.156. The molecule has 12 rings (SSSR count). The zero-order valence-electron chi connectivity index (χ0n) is 34.0. The Labute approximate surface area is 360 Å².